The second-order valence-electron chi connectivity index (χ2n) is 4.88. The lowest BCUT2D eigenvalue weighted by molar-refractivity contribution is -0.384. The van der Waals surface area contributed by atoms with Crippen molar-refractivity contribution in [2.75, 3.05) is 11.9 Å². The van der Waals surface area contributed by atoms with Crippen LogP contribution < -0.4 is 5.32 Å². The lowest BCUT2D eigenvalue weighted by atomic mass is 10.1. The number of aromatic nitrogens is 2. The zero-order valence-electron chi connectivity index (χ0n) is 10.6. The number of rotatable bonds is 4. The first-order valence-electron chi connectivity index (χ1n) is 6.09. The van der Waals surface area contributed by atoms with E-state index in [1.54, 1.807) is 14.0 Å². The normalized spacial score (nSPS) is 23.3. The topological polar surface area (TPSA) is 93.2 Å². The number of anilines is 1. The van der Waals surface area contributed by atoms with Crippen LogP contribution in [-0.4, -0.2) is 32.5 Å². The van der Waals surface area contributed by atoms with E-state index in [0.29, 0.717) is 24.0 Å². The van der Waals surface area contributed by atoms with Crippen LogP contribution >= 0.6 is 0 Å². The van der Waals surface area contributed by atoms with E-state index in [-0.39, 0.29) is 11.8 Å². The van der Waals surface area contributed by atoms with Gasteiger partial charge in [0.1, 0.15) is 5.69 Å². The summed E-state index contributed by atoms with van der Waals surface area (Å²) in [6.45, 7) is 2.26. The van der Waals surface area contributed by atoms with E-state index in [1.165, 1.54) is 4.68 Å². The molecule has 7 nitrogen and oxygen atoms in total. The summed E-state index contributed by atoms with van der Waals surface area (Å²) in [5.74, 6) is 0.814. The second-order valence-corrected chi connectivity index (χ2v) is 4.88. The highest BCUT2D eigenvalue weighted by atomic mass is 16.6. The highest BCUT2D eigenvalue weighted by Crippen LogP contribution is 2.30. The third kappa shape index (κ3) is 2.45. The molecule has 0 bridgehead atoms. The fourth-order valence-electron chi connectivity index (χ4n) is 2.54. The molecule has 1 aliphatic rings. The lowest BCUT2D eigenvalue weighted by Crippen LogP contribution is -2.15. The average Bonchev–Trinajstić information content (AvgIpc) is 2.79. The summed E-state index contributed by atoms with van der Waals surface area (Å²) in [4.78, 5) is 10.6. The summed E-state index contributed by atoms with van der Waals surface area (Å²) in [5, 5.41) is 27.6. The van der Waals surface area contributed by atoms with Gasteiger partial charge in [-0.05, 0) is 32.1 Å². The van der Waals surface area contributed by atoms with Crippen LogP contribution in [0.3, 0.4) is 0 Å². The molecule has 7 heteroatoms. The molecule has 0 amide bonds. The zero-order valence-corrected chi connectivity index (χ0v) is 10.6. The lowest BCUT2D eigenvalue weighted by Gasteiger charge is -2.11. The minimum absolute atomic E-state index is 0.0380. The first-order chi connectivity index (χ1) is 8.49. The van der Waals surface area contributed by atoms with Gasteiger partial charge in [0.2, 0.25) is 5.82 Å². The Morgan fingerprint density at radius 3 is 2.89 bits per heavy atom. The first-order valence-corrected chi connectivity index (χ1v) is 6.09. The molecule has 1 aromatic rings. The molecule has 2 unspecified atom stereocenters. The number of aliphatic hydroxyl groups is 1. The van der Waals surface area contributed by atoms with Crippen molar-refractivity contribution in [3.05, 3.63) is 15.8 Å². The molecule has 1 fully saturated rings. The number of nitrogens with zero attached hydrogens (tertiary/aromatic N) is 3. The van der Waals surface area contributed by atoms with Gasteiger partial charge >= 0.3 is 5.69 Å². The Labute approximate surface area is 105 Å². The maximum atomic E-state index is 11.0. The summed E-state index contributed by atoms with van der Waals surface area (Å²) >= 11 is 0. The molecule has 2 rings (SSSR count). The number of nitrogens with one attached hydrogen (secondary N) is 1. The van der Waals surface area contributed by atoms with Crippen LogP contribution in [0.25, 0.3) is 0 Å². The van der Waals surface area contributed by atoms with E-state index in [0.717, 1.165) is 19.3 Å². The maximum Gasteiger partial charge on any atom is 0.333 e. The minimum atomic E-state index is -0.409. The van der Waals surface area contributed by atoms with Gasteiger partial charge < -0.3 is 10.4 Å². The summed E-state index contributed by atoms with van der Waals surface area (Å²) in [6, 6.07) is 0. The van der Waals surface area contributed by atoms with Gasteiger partial charge in [0.05, 0.1) is 11.0 Å². The molecule has 0 aromatic carbocycles. The van der Waals surface area contributed by atoms with E-state index in [9.17, 15) is 15.2 Å². The van der Waals surface area contributed by atoms with E-state index in [2.05, 4.69) is 10.4 Å². The van der Waals surface area contributed by atoms with Gasteiger partial charge in [-0.3, -0.25) is 10.1 Å². The van der Waals surface area contributed by atoms with Crippen molar-refractivity contribution in [3.63, 3.8) is 0 Å². The van der Waals surface area contributed by atoms with Gasteiger partial charge in [-0.1, -0.05) is 0 Å². The van der Waals surface area contributed by atoms with Crippen molar-refractivity contribution in [2.24, 2.45) is 13.0 Å². The highest BCUT2D eigenvalue weighted by molar-refractivity contribution is 5.59. The van der Waals surface area contributed by atoms with Crippen LogP contribution in [0, 0.1) is 23.0 Å². The SMILES string of the molecule is Cc1nn(C)c(NCC2CCC(O)C2)c1[N+](=O)[O-]. The second kappa shape index (κ2) is 4.93. The average molecular weight is 254 g/mol. The quantitative estimate of drug-likeness (QED) is 0.622. The fourth-order valence-corrected chi connectivity index (χ4v) is 2.54. The number of hydrogen-bond donors (Lipinski definition) is 2. The van der Waals surface area contributed by atoms with E-state index in [1.807, 2.05) is 0 Å². The van der Waals surface area contributed by atoms with Crippen molar-refractivity contribution in [1.29, 1.82) is 0 Å². The van der Waals surface area contributed by atoms with E-state index >= 15 is 0 Å². The standard InChI is InChI=1S/C11H18N4O3/c1-7-10(15(17)18)11(14(2)13-7)12-6-8-3-4-9(16)5-8/h8-9,12,16H,3-6H2,1-2H3. The molecule has 0 saturated heterocycles. The Kier molecular flexibility index (Phi) is 3.51. The molecular formula is C11H18N4O3. The van der Waals surface area contributed by atoms with Crippen molar-refractivity contribution in [3.8, 4) is 0 Å². The van der Waals surface area contributed by atoms with E-state index < -0.39 is 4.92 Å². The molecule has 0 radical (unpaired) electrons. The molecule has 1 aromatic heterocycles. The maximum absolute atomic E-state index is 11.0. The molecular weight excluding hydrogens is 236 g/mol. The van der Waals surface area contributed by atoms with Gasteiger partial charge in [-0.25, -0.2) is 4.68 Å². The Balaban J connectivity index is 2.07. The predicted octanol–water partition coefficient (Wildman–Crippen LogP) is 1.21. The van der Waals surface area contributed by atoms with E-state index in [4.69, 9.17) is 0 Å². The Morgan fingerprint density at radius 1 is 1.61 bits per heavy atom. The van der Waals surface area contributed by atoms with Crippen molar-refractivity contribution < 1.29 is 10.0 Å². The fraction of sp³-hybridized carbons (Fsp3) is 0.727. The van der Waals surface area contributed by atoms with Crippen LogP contribution in [0.15, 0.2) is 0 Å². The predicted molar refractivity (Wildman–Crippen MR) is 66.4 cm³/mol. The van der Waals surface area contributed by atoms with Crippen LogP contribution in [-0.2, 0) is 7.05 Å². The van der Waals surface area contributed by atoms with Crippen molar-refractivity contribution in [1.82, 2.24) is 9.78 Å². The molecule has 100 valence electrons. The minimum Gasteiger partial charge on any atom is -0.393 e. The third-order valence-corrected chi connectivity index (χ3v) is 3.44. The summed E-state index contributed by atoms with van der Waals surface area (Å²) in [7, 11) is 1.69. The molecule has 18 heavy (non-hydrogen) atoms. The van der Waals surface area contributed by atoms with Gasteiger partial charge in [0.15, 0.2) is 0 Å². The van der Waals surface area contributed by atoms with Gasteiger partial charge in [0, 0.05) is 13.6 Å². The summed E-state index contributed by atoms with van der Waals surface area (Å²) in [5.41, 5.74) is 0.451. The van der Waals surface area contributed by atoms with Gasteiger partial charge in [-0.15, -0.1) is 0 Å². The molecule has 2 N–H and O–H groups in total. The van der Waals surface area contributed by atoms with Crippen LogP contribution in [0.4, 0.5) is 11.5 Å². The van der Waals surface area contributed by atoms with Crippen LogP contribution in [0.2, 0.25) is 0 Å². The molecule has 0 spiro atoms. The van der Waals surface area contributed by atoms with Gasteiger partial charge in [0.25, 0.3) is 0 Å². The Bertz CT molecular complexity index is 457. The number of aryl methyl sites for hydroxylation is 2. The summed E-state index contributed by atoms with van der Waals surface area (Å²) < 4.78 is 1.50. The first kappa shape index (κ1) is 12.8. The summed E-state index contributed by atoms with van der Waals surface area (Å²) in [6.07, 6.45) is 2.31. The molecule has 0 aliphatic heterocycles. The van der Waals surface area contributed by atoms with Crippen molar-refractivity contribution >= 4 is 11.5 Å². The number of nitro groups is 1. The Hall–Kier alpha value is -1.63. The smallest absolute Gasteiger partial charge is 0.333 e. The molecule has 1 heterocycles. The number of hydrogen-bond acceptors (Lipinski definition) is 5. The molecule has 2 atom stereocenters. The zero-order chi connectivity index (χ0) is 13.3. The van der Waals surface area contributed by atoms with Crippen LogP contribution in [0.5, 0.6) is 0 Å². The third-order valence-electron chi connectivity index (χ3n) is 3.44. The molecule has 1 aliphatic carbocycles. The number of aliphatic hydroxyl groups excluding tert-OH is 1. The van der Waals surface area contributed by atoms with Gasteiger partial charge in [-0.2, -0.15) is 5.10 Å². The van der Waals surface area contributed by atoms with Crippen LogP contribution in [0.1, 0.15) is 25.0 Å². The largest absolute Gasteiger partial charge is 0.393 e. The molecule has 1 saturated carbocycles. The van der Waals surface area contributed by atoms with Crippen molar-refractivity contribution in [2.45, 2.75) is 32.3 Å². The monoisotopic (exact) mass is 254 g/mol. The highest BCUT2D eigenvalue weighted by Gasteiger charge is 2.26. The Morgan fingerprint density at radius 2 is 2.33 bits per heavy atom.